The second-order valence-electron chi connectivity index (χ2n) is 5.78. The molecule has 1 amide bonds. The van der Waals surface area contributed by atoms with Gasteiger partial charge in [0, 0.05) is 13.1 Å². The summed E-state index contributed by atoms with van der Waals surface area (Å²) in [5.74, 6) is 2.12. The monoisotopic (exact) mass is 256 g/mol. The molecule has 4 nitrogen and oxygen atoms in total. The number of carbonyl (C=O) groups is 1. The summed E-state index contributed by atoms with van der Waals surface area (Å²) in [5.41, 5.74) is 0. The summed E-state index contributed by atoms with van der Waals surface area (Å²) >= 11 is 0. The average molecular weight is 256 g/mol. The van der Waals surface area contributed by atoms with Gasteiger partial charge in [-0.3, -0.25) is 4.79 Å². The highest BCUT2D eigenvalue weighted by Crippen LogP contribution is 2.19. The van der Waals surface area contributed by atoms with Crippen LogP contribution in [0.15, 0.2) is 0 Å². The van der Waals surface area contributed by atoms with E-state index in [0.29, 0.717) is 37.5 Å². The lowest BCUT2D eigenvalue weighted by atomic mass is 9.85. The first-order valence-corrected chi connectivity index (χ1v) is 7.08. The molecule has 0 aromatic heterocycles. The molecule has 1 aliphatic heterocycles. The van der Waals surface area contributed by atoms with Crippen LogP contribution >= 0.6 is 0 Å². The van der Waals surface area contributed by atoms with E-state index in [9.17, 15) is 4.79 Å². The second kappa shape index (κ2) is 7.74. The Labute approximate surface area is 111 Å². The van der Waals surface area contributed by atoms with Crippen molar-refractivity contribution < 1.29 is 9.53 Å². The van der Waals surface area contributed by atoms with Gasteiger partial charge in [-0.2, -0.15) is 0 Å². The molecule has 0 bridgehead atoms. The summed E-state index contributed by atoms with van der Waals surface area (Å²) < 4.78 is 5.24. The molecule has 18 heavy (non-hydrogen) atoms. The quantitative estimate of drug-likeness (QED) is 0.780. The molecule has 0 aliphatic carbocycles. The molecule has 0 unspecified atom stereocenters. The molecular weight excluding hydrogens is 228 g/mol. The average Bonchev–Trinajstić information content (AvgIpc) is 2.34. The van der Waals surface area contributed by atoms with Crippen molar-refractivity contribution in [1.82, 2.24) is 10.2 Å². The fraction of sp³-hybridized carbons (Fsp3) is 0.929. The Hall–Kier alpha value is -0.610. The maximum absolute atomic E-state index is 11.9. The number of morpholine rings is 1. The van der Waals surface area contributed by atoms with Gasteiger partial charge in [-0.25, -0.2) is 0 Å². The number of carbonyl (C=O) groups excluding carboxylic acids is 1. The van der Waals surface area contributed by atoms with Gasteiger partial charge in [-0.1, -0.05) is 27.7 Å². The lowest BCUT2D eigenvalue weighted by molar-refractivity contribution is -0.134. The van der Waals surface area contributed by atoms with Crippen molar-refractivity contribution in [3.8, 4) is 0 Å². The molecule has 0 saturated carbocycles. The normalized spacial score (nSPS) is 16.9. The lowest BCUT2D eigenvalue weighted by Gasteiger charge is -2.28. The van der Waals surface area contributed by atoms with Gasteiger partial charge in [0.25, 0.3) is 0 Å². The van der Waals surface area contributed by atoms with Gasteiger partial charge < -0.3 is 15.0 Å². The molecule has 0 spiro atoms. The molecule has 0 aromatic carbocycles. The maximum atomic E-state index is 11.9. The number of amides is 1. The minimum atomic E-state index is 0.199. The van der Waals surface area contributed by atoms with Crippen molar-refractivity contribution in [2.45, 2.75) is 27.7 Å². The van der Waals surface area contributed by atoms with E-state index in [1.807, 2.05) is 4.90 Å². The van der Waals surface area contributed by atoms with Crippen molar-refractivity contribution in [2.24, 2.45) is 17.8 Å². The minimum Gasteiger partial charge on any atom is -0.378 e. The SMILES string of the molecule is CC(C)C(CNCC(=O)N1CCOCC1)C(C)C. The van der Waals surface area contributed by atoms with Crippen molar-refractivity contribution in [1.29, 1.82) is 0 Å². The third-order valence-electron chi connectivity index (χ3n) is 3.73. The Morgan fingerprint density at radius 1 is 1.17 bits per heavy atom. The summed E-state index contributed by atoms with van der Waals surface area (Å²) in [7, 11) is 0. The number of hydrogen-bond acceptors (Lipinski definition) is 3. The Balaban J connectivity index is 2.25. The molecule has 1 heterocycles. The number of hydrogen-bond donors (Lipinski definition) is 1. The molecule has 4 heteroatoms. The van der Waals surface area contributed by atoms with Crippen molar-refractivity contribution in [2.75, 3.05) is 39.4 Å². The van der Waals surface area contributed by atoms with E-state index in [1.165, 1.54) is 0 Å². The van der Waals surface area contributed by atoms with E-state index in [-0.39, 0.29) is 5.91 Å². The Morgan fingerprint density at radius 3 is 2.22 bits per heavy atom. The zero-order chi connectivity index (χ0) is 13.5. The first-order chi connectivity index (χ1) is 8.52. The van der Waals surface area contributed by atoms with Crippen LogP contribution < -0.4 is 5.32 Å². The molecule has 0 atom stereocenters. The molecule has 0 aromatic rings. The summed E-state index contributed by atoms with van der Waals surface area (Å²) in [6.07, 6.45) is 0. The van der Waals surface area contributed by atoms with E-state index < -0.39 is 0 Å². The van der Waals surface area contributed by atoms with E-state index in [1.54, 1.807) is 0 Å². The fourth-order valence-corrected chi connectivity index (χ4v) is 2.51. The number of rotatable bonds is 6. The van der Waals surface area contributed by atoms with Crippen LogP contribution in [-0.4, -0.2) is 50.2 Å². The fourth-order valence-electron chi connectivity index (χ4n) is 2.51. The van der Waals surface area contributed by atoms with Crippen LogP contribution in [0.25, 0.3) is 0 Å². The first kappa shape index (κ1) is 15.4. The molecule has 0 radical (unpaired) electrons. The minimum absolute atomic E-state index is 0.199. The largest absolute Gasteiger partial charge is 0.378 e. The van der Waals surface area contributed by atoms with Gasteiger partial charge in [0.05, 0.1) is 19.8 Å². The number of ether oxygens (including phenoxy) is 1. The lowest BCUT2D eigenvalue weighted by Crippen LogP contribution is -2.45. The molecule has 1 N–H and O–H groups in total. The van der Waals surface area contributed by atoms with Crippen LogP contribution in [0.2, 0.25) is 0 Å². The van der Waals surface area contributed by atoms with E-state index in [2.05, 4.69) is 33.0 Å². The first-order valence-electron chi connectivity index (χ1n) is 7.08. The topological polar surface area (TPSA) is 41.6 Å². The zero-order valence-electron chi connectivity index (χ0n) is 12.2. The van der Waals surface area contributed by atoms with E-state index in [0.717, 1.165) is 19.6 Å². The molecule has 1 fully saturated rings. The van der Waals surface area contributed by atoms with Crippen LogP contribution in [0.5, 0.6) is 0 Å². The highest BCUT2D eigenvalue weighted by molar-refractivity contribution is 5.78. The molecule has 1 aliphatic rings. The third-order valence-corrected chi connectivity index (χ3v) is 3.73. The molecule has 1 rings (SSSR count). The Kier molecular flexibility index (Phi) is 6.65. The number of nitrogens with one attached hydrogen (secondary N) is 1. The van der Waals surface area contributed by atoms with Crippen molar-refractivity contribution in [3.05, 3.63) is 0 Å². The molecule has 1 saturated heterocycles. The standard InChI is InChI=1S/C14H28N2O2/c1-11(2)13(12(3)4)9-15-10-14(17)16-5-7-18-8-6-16/h11-13,15H,5-10H2,1-4H3. The summed E-state index contributed by atoms with van der Waals surface area (Å²) in [4.78, 5) is 13.8. The maximum Gasteiger partial charge on any atom is 0.236 e. The highest BCUT2D eigenvalue weighted by Gasteiger charge is 2.19. The Morgan fingerprint density at radius 2 is 1.72 bits per heavy atom. The smallest absolute Gasteiger partial charge is 0.236 e. The summed E-state index contributed by atoms with van der Waals surface area (Å²) in [6, 6.07) is 0. The van der Waals surface area contributed by atoms with Crippen LogP contribution in [0.4, 0.5) is 0 Å². The predicted molar refractivity (Wildman–Crippen MR) is 73.4 cm³/mol. The van der Waals surface area contributed by atoms with Gasteiger partial charge in [-0.05, 0) is 24.3 Å². The van der Waals surface area contributed by atoms with Gasteiger partial charge in [0.1, 0.15) is 0 Å². The third kappa shape index (κ3) is 4.94. The van der Waals surface area contributed by atoms with Crippen LogP contribution in [0.3, 0.4) is 0 Å². The molecule has 106 valence electrons. The summed E-state index contributed by atoms with van der Waals surface area (Å²) in [5, 5.41) is 3.31. The van der Waals surface area contributed by atoms with Crippen LogP contribution in [0.1, 0.15) is 27.7 Å². The van der Waals surface area contributed by atoms with Gasteiger partial charge in [0.2, 0.25) is 5.91 Å². The van der Waals surface area contributed by atoms with Crippen molar-refractivity contribution >= 4 is 5.91 Å². The van der Waals surface area contributed by atoms with Crippen LogP contribution in [0, 0.1) is 17.8 Å². The van der Waals surface area contributed by atoms with E-state index >= 15 is 0 Å². The summed E-state index contributed by atoms with van der Waals surface area (Å²) in [6.45, 7) is 13.2. The van der Waals surface area contributed by atoms with E-state index in [4.69, 9.17) is 4.74 Å². The predicted octanol–water partition coefficient (Wildman–Crippen LogP) is 1.36. The second-order valence-corrected chi connectivity index (χ2v) is 5.78. The molecular formula is C14H28N2O2. The van der Waals surface area contributed by atoms with Crippen molar-refractivity contribution in [3.63, 3.8) is 0 Å². The van der Waals surface area contributed by atoms with Crippen LogP contribution in [-0.2, 0) is 9.53 Å². The number of nitrogens with zero attached hydrogens (tertiary/aromatic N) is 1. The zero-order valence-corrected chi connectivity index (χ0v) is 12.2. The highest BCUT2D eigenvalue weighted by atomic mass is 16.5. The Bertz CT molecular complexity index is 240. The van der Waals surface area contributed by atoms with Gasteiger partial charge >= 0.3 is 0 Å². The van der Waals surface area contributed by atoms with Gasteiger partial charge in [-0.15, -0.1) is 0 Å². The van der Waals surface area contributed by atoms with Gasteiger partial charge in [0.15, 0.2) is 0 Å².